The van der Waals surface area contributed by atoms with E-state index in [1.165, 1.54) is 7.11 Å². The van der Waals surface area contributed by atoms with E-state index in [-0.39, 0.29) is 6.54 Å². The maximum absolute atomic E-state index is 12.6. The minimum Gasteiger partial charge on any atom is -0.481 e. The van der Waals surface area contributed by atoms with Crippen molar-refractivity contribution >= 4 is 23.7 Å². The van der Waals surface area contributed by atoms with Gasteiger partial charge in [0.1, 0.15) is 18.1 Å². The molecule has 2 rings (SSSR count). The molecule has 2 aromatic carbocycles. The number of amides is 1. The van der Waals surface area contributed by atoms with Gasteiger partial charge in [0.25, 0.3) is 0 Å². The molecular formula is C22H25NO6. The Hall–Kier alpha value is -3.35. The highest BCUT2D eigenvalue weighted by Crippen LogP contribution is 2.27. The SMILES string of the molecule is COC(=O)CN(C(=O)OC(C)(C)C)c1ccc(C(C(=O)O)c2ccccc2)cc1. The largest absolute Gasteiger partial charge is 0.481 e. The zero-order chi connectivity index (χ0) is 21.6. The maximum atomic E-state index is 12.6. The number of esters is 1. The summed E-state index contributed by atoms with van der Waals surface area (Å²) in [6.07, 6.45) is -0.700. The Kier molecular flexibility index (Phi) is 6.98. The van der Waals surface area contributed by atoms with E-state index in [1.807, 2.05) is 6.07 Å². The highest BCUT2D eigenvalue weighted by atomic mass is 16.6. The predicted octanol–water partition coefficient (Wildman–Crippen LogP) is 3.82. The number of carbonyl (C=O) groups excluding carboxylic acids is 2. The molecule has 29 heavy (non-hydrogen) atoms. The van der Waals surface area contributed by atoms with Crippen LogP contribution in [0, 0.1) is 0 Å². The third-order valence-electron chi connectivity index (χ3n) is 4.05. The van der Waals surface area contributed by atoms with Crippen molar-refractivity contribution in [1.29, 1.82) is 0 Å². The monoisotopic (exact) mass is 399 g/mol. The van der Waals surface area contributed by atoms with Gasteiger partial charge < -0.3 is 14.6 Å². The third kappa shape index (κ3) is 6.07. The van der Waals surface area contributed by atoms with E-state index in [0.29, 0.717) is 16.8 Å². The Labute approximate surface area is 169 Å². The maximum Gasteiger partial charge on any atom is 0.415 e. The molecule has 0 bridgehead atoms. The van der Waals surface area contributed by atoms with Crippen molar-refractivity contribution in [3.8, 4) is 0 Å². The minimum absolute atomic E-state index is 0.328. The summed E-state index contributed by atoms with van der Waals surface area (Å²) in [5.41, 5.74) is 0.846. The Morgan fingerprint density at radius 2 is 1.52 bits per heavy atom. The molecule has 0 fully saturated rings. The molecule has 0 saturated carbocycles. The van der Waals surface area contributed by atoms with Crippen LogP contribution in [0.2, 0.25) is 0 Å². The summed E-state index contributed by atoms with van der Waals surface area (Å²) >= 11 is 0. The van der Waals surface area contributed by atoms with Crippen LogP contribution in [0.3, 0.4) is 0 Å². The fraction of sp³-hybridized carbons (Fsp3) is 0.318. The summed E-state index contributed by atoms with van der Waals surface area (Å²) in [7, 11) is 1.23. The predicted molar refractivity (Wildman–Crippen MR) is 108 cm³/mol. The molecule has 0 radical (unpaired) electrons. The van der Waals surface area contributed by atoms with Gasteiger partial charge in [-0.15, -0.1) is 0 Å². The van der Waals surface area contributed by atoms with Crippen molar-refractivity contribution in [3.05, 3.63) is 65.7 Å². The summed E-state index contributed by atoms with van der Waals surface area (Å²) in [5.74, 6) is -2.43. The van der Waals surface area contributed by atoms with Gasteiger partial charge in [0.2, 0.25) is 0 Å². The molecule has 0 heterocycles. The van der Waals surface area contributed by atoms with Crippen molar-refractivity contribution in [2.45, 2.75) is 32.3 Å². The smallest absolute Gasteiger partial charge is 0.415 e. The van der Waals surface area contributed by atoms with E-state index >= 15 is 0 Å². The van der Waals surface area contributed by atoms with Crippen LogP contribution in [-0.2, 0) is 19.1 Å². The second kappa shape index (κ2) is 9.23. The summed E-state index contributed by atoms with van der Waals surface area (Å²) in [5, 5.41) is 9.68. The van der Waals surface area contributed by atoms with Crippen LogP contribution in [0.25, 0.3) is 0 Å². The van der Waals surface area contributed by atoms with Gasteiger partial charge >= 0.3 is 18.0 Å². The lowest BCUT2D eigenvalue weighted by molar-refractivity contribution is -0.139. The number of hydrogen-bond donors (Lipinski definition) is 1. The average molecular weight is 399 g/mol. The van der Waals surface area contributed by atoms with E-state index in [9.17, 15) is 19.5 Å². The topological polar surface area (TPSA) is 93.1 Å². The van der Waals surface area contributed by atoms with Gasteiger partial charge in [-0.2, -0.15) is 0 Å². The zero-order valence-electron chi connectivity index (χ0n) is 16.9. The van der Waals surface area contributed by atoms with Crippen LogP contribution in [0.4, 0.5) is 10.5 Å². The Morgan fingerprint density at radius 1 is 0.966 bits per heavy atom. The minimum atomic E-state index is -0.984. The summed E-state index contributed by atoms with van der Waals surface area (Å²) in [4.78, 5) is 37.3. The van der Waals surface area contributed by atoms with E-state index in [1.54, 1.807) is 69.3 Å². The van der Waals surface area contributed by atoms with E-state index in [0.717, 1.165) is 4.90 Å². The number of aliphatic carboxylic acids is 1. The Bertz CT molecular complexity index is 855. The number of hydrogen-bond acceptors (Lipinski definition) is 5. The van der Waals surface area contributed by atoms with E-state index < -0.39 is 29.6 Å². The number of carboxylic acid groups (broad SMARTS) is 1. The average Bonchev–Trinajstić information content (AvgIpc) is 2.66. The van der Waals surface area contributed by atoms with Crippen LogP contribution in [-0.4, -0.2) is 42.4 Å². The first-order valence-corrected chi connectivity index (χ1v) is 9.07. The van der Waals surface area contributed by atoms with Crippen LogP contribution in [0.1, 0.15) is 37.8 Å². The first-order chi connectivity index (χ1) is 13.6. The fourth-order valence-corrected chi connectivity index (χ4v) is 2.74. The molecule has 7 nitrogen and oxygen atoms in total. The first-order valence-electron chi connectivity index (χ1n) is 9.07. The molecule has 7 heteroatoms. The quantitative estimate of drug-likeness (QED) is 0.743. The number of methoxy groups -OCH3 is 1. The molecule has 0 aliphatic heterocycles. The lowest BCUT2D eigenvalue weighted by Crippen LogP contribution is -2.40. The van der Waals surface area contributed by atoms with Crippen LogP contribution < -0.4 is 4.90 Å². The molecule has 2 aromatic rings. The standard InChI is InChI=1S/C22H25NO6/c1-22(2,3)29-21(27)23(14-18(24)28-4)17-12-10-16(11-13-17)19(20(25)26)15-8-6-5-7-9-15/h5-13,19H,14H2,1-4H3,(H,25,26). The molecule has 0 saturated heterocycles. The molecular weight excluding hydrogens is 374 g/mol. The van der Waals surface area contributed by atoms with Crippen LogP contribution in [0.5, 0.6) is 0 Å². The second-order valence-corrected chi connectivity index (χ2v) is 7.42. The molecule has 1 unspecified atom stereocenters. The lowest BCUT2D eigenvalue weighted by atomic mass is 9.91. The number of nitrogens with zero attached hydrogens (tertiary/aromatic N) is 1. The van der Waals surface area contributed by atoms with Gasteiger partial charge in [0.05, 0.1) is 7.11 Å². The molecule has 1 N–H and O–H groups in total. The molecule has 0 aromatic heterocycles. The highest BCUT2D eigenvalue weighted by molar-refractivity contribution is 5.93. The molecule has 0 spiro atoms. The van der Waals surface area contributed by atoms with E-state index in [2.05, 4.69) is 4.74 Å². The van der Waals surface area contributed by atoms with Crippen molar-refractivity contribution in [1.82, 2.24) is 0 Å². The van der Waals surface area contributed by atoms with Gasteiger partial charge in [-0.3, -0.25) is 14.5 Å². The third-order valence-corrected chi connectivity index (χ3v) is 4.05. The molecule has 154 valence electrons. The van der Waals surface area contributed by atoms with Gasteiger partial charge in [-0.1, -0.05) is 42.5 Å². The number of carbonyl (C=O) groups is 3. The summed E-state index contributed by atoms with van der Waals surface area (Å²) in [6, 6.07) is 15.3. The number of benzene rings is 2. The Morgan fingerprint density at radius 3 is 2.00 bits per heavy atom. The number of rotatable bonds is 6. The number of anilines is 1. The zero-order valence-corrected chi connectivity index (χ0v) is 16.9. The fourth-order valence-electron chi connectivity index (χ4n) is 2.74. The van der Waals surface area contributed by atoms with Crippen molar-refractivity contribution in [3.63, 3.8) is 0 Å². The van der Waals surface area contributed by atoms with Gasteiger partial charge in [-0.25, -0.2) is 4.79 Å². The number of carboxylic acids is 1. The van der Waals surface area contributed by atoms with Crippen LogP contribution >= 0.6 is 0 Å². The molecule has 1 amide bonds. The molecule has 1 atom stereocenters. The van der Waals surface area contributed by atoms with E-state index in [4.69, 9.17) is 4.74 Å². The number of ether oxygens (including phenoxy) is 2. The Balaban J connectivity index is 2.35. The molecule has 0 aliphatic carbocycles. The van der Waals surface area contributed by atoms with Crippen molar-refractivity contribution < 1.29 is 29.0 Å². The highest BCUT2D eigenvalue weighted by Gasteiger charge is 2.27. The van der Waals surface area contributed by atoms with Gasteiger partial charge in [-0.05, 0) is 44.0 Å². The normalized spacial score (nSPS) is 12.0. The summed E-state index contributed by atoms with van der Waals surface area (Å²) < 4.78 is 10.0. The lowest BCUT2D eigenvalue weighted by Gasteiger charge is -2.27. The van der Waals surface area contributed by atoms with Crippen molar-refractivity contribution in [2.24, 2.45) is 0 Å². The van der Waals surface area contributed by atoms with Gasteiger partial charge in [0, 0.05) is 5.69 Å². The van der Waals surface area contributed by atoms with Crippen LogP contribution in [0.15, 0.2) is 54.6 Å². The van der Waals surface area contributed by atoms with Crippen molar-refractivity contribution in [2.75, 3.05) is 18.6 Å². The second-order valence-electron chi connectivity index (χ2n) is 7.42. The first kappa shape index (κ1) is 21.9. The summed E-state index contributed by atoms with van der Waals surface area (Å²) in [6.45, 7) is 4.84. The molecule has 0 aliphatic rings. The van der Waals surface area contributed by atoms with Gasteiger partial charge in [0.15, 0.2) is 0 Å².